The predicted molar refractivity (Wildman–Crippen MR) is 76.7 cm³/mol. The number of allylic oxidation sites excluding steroid dienone is 1. The van der Waals surface area contributed by atoms with E-state index in [9.17, 15) is 8.42 Å². The predicted octanol–water partition coefficient (Wildman–Crippen LogP) is 2.03. The van der Waals surface area contributed by atoms with Gasteiger partial charge in [-0.3, -0.25) is 5.10 Å². The second kappa shape index (κ2) is 5.59. The Bertz CT molecular complexity index is 754. The van der Waals surface area contributed by atoms with E-state index in [1.165, 1.54) is 6.07 Å². The van der Waals surface area contributed by atoms with Crippen LogP contribution in [0.25, 0.3) is 6.08 Å². The van der Waals surface area contributed by atoms with Crippen molar-refractivity contribution in [2.45, 2.75) is 12.1 Å². The molecule has 9 heteroatoms. The van der Waals surface area contributed by atoms with Crippen LogP contribution in [0, 0.1) is 0 Å². The minimum atomic E-state index is -3.53. The van der Waals surface area contributed by atoms with E-state index < -0.39 is 9.84 Å². The fourth-order valence-electron chi connectivity index (χ4n) is 1.42. The highest BCUT2D eigenvalue weighted by molar-refractivity contribution is 7.90. The highest BCUT2D eigenvalue weighted by Gasteiger charge is 2.14. The lowest BCUT2D eigenvalue weighted by atomic mass is 10.4. The molecule has 0 saturated carbocycles. The van der Waals surface area contributed by atoms with Crippen LogP contribution in [0.1, 0.15) is 12.6 Å². The Kier molecular flexibility index (Phi) is 4.05. The molecule has 0 radical (unpaired) electrons. The van der Waals surface area contributed by atoms with Gasteiger partial charge < -0.3 is 5.32 Å². The summed E-state index contributed by atoms with van der Waals surface area (Å²) < 4.78 is 22.9. The molecule has 0 amide bonds. The summed E-state index contributed by atoms with van der Waals surface area (Å²) in [5.41, 5.74) is 0.804. The molecule has 2 N–H and O–H groups in total. The molecule has 0 aliphatic carbocycles. The Hall–Kier alpha value is -1.93. The van der Waals surface area contributed by atoms with E-state index in [2.05, 4.69) is 25.5 Å². The molecule has 0 spiro atoms. The third kappa shape index (κ3) is 3.55. The normalized spacial score (nSPS) is 11.9. The highest BCUT2D eigenvalue weighted by Crippen LogP contribution is 2.18. The van der Waals surface area contributed by atoms with Gasteiger partial charge in [0.15, 0.2) is 5.82 Å². The van der Waals surface area contributed by atoms with Crippen molar-refractivity contribution < 1.29 is 8.42 Å². The van der Waals surface area contributed by atoms with Crippen LogP contribution in [0.15, 0.2) is 23.4 Å². The topological polar surface area (TPSA) is 101 Å². The van der Waals surface area contributed by atoms with Gasteiger partial charge in [0.25, 0.3) is 0 Å². The van der Waals surface area contributed by atoms with Crippen molar-refractivity contribution in [2.24, 2.45) is 0 Å². The summed E-state index contributed by atoms with van der Waals surface area (Å²) in [7, 11) is -3.53. The summed E-state index contributed by atoms with van der Waals surface area (Å²) in [5.74, 6) is 0.747. The van der Waals surface area contributed by atoms with Crippen LogP contribution in [-0.2, 0) is 9.84 Å². The lowest BCUT2D eigenvalue weighted by Gasteiger charge is -2.04. The Morgan fingerprint density at radius 1 is 1.30 bits per heavy atom. The van der Waals surface area contributed by atoms with Crippen molar-refractivity contribution in [3.63, 3.8) is 0 Å². The Balaban J connectivity index is 2.31. The maximum atomic E-state index is 11.4. The summed E-state index contributed by atoms with van der Waals surface area (Å²) >= 11 is 5.78. The zero-order valence-corrected chi connectivity index (χ0v) is 12.3. The standard InChI is InChI=1S/C11H12ClN5O2S/c1-3-4-7-5-10(17-16-7)14-9-6-8(12)13-11(15-9)20(2,18)19/h3-6H,1-2H3,(H2,13,14,15,16,17). The first kappa shape index (κ1) is 14.5. The lowest BCUT2D eigenvalue weighted by Crippen LogP contribution is -2.06. The van der Waals surface area contributed by atoms with Crippen LogP contribution in [-0.4, -0.2) is 34.8 Å². The molecule has 7 nitrogen and oxygen atoms in total. The number of nitrogens with one attached hydrogen (secondary N) is 2. The number of nitrogens with zero attached hydrogens (tertiary/aromatic N) is 3. The fourth-order valence-corrected chi connectivity index (χ4v) is 2.19. The summed E-state index contributed by atoms with van der Waals surface area (Å²) in [6.45, 7) is 1.89. The van der Waals surface area contributed by atoms with Crippen LogP contribution in [0.3, 0.4) is 0 Å². The van der Waals surface area contributed by atoms with Gasteiger partial charge in [0.1, 0.15) is 11.0 Å². The smallest absolute Gasteiger partial charge is 0.250 e. The maximum Gasteiger partial charge on any atom is 0.250 e. The van der Waals surface area contributed by atoms with E-state index in [1.54, 1.807) is 6.07 Å². The van der Waals surface area contributed by atoms with Gasteiger partial charge in [0, 0.05) is 18.4 Å². The van der Waals surface area contributed by atoms with Gasteiger partial charge in [-0.15, -0.1) is 0 Å². The van der Waals surface area contributed by atoms with Crippen molar-refractivity contribution >= 4 is 39.1 Å². The molecule has 0 aliphatic heterocycles. The first-order chi connectivity index (χ1) is 9.38. The molecule has 2 rings (SSSR count). The summed E-state index contributed by atoms with van der Waals surface area (Å²) in [4.78, 5) is 7.56. The molecule has 0 aliphatic rings. The molecular formula is C11H12ClN5O2S. The van der Waals surface area contributed by atoms with Crippen LogP contribution < -0.4 is 5.32 Å². The zero-order chi connectivity index (χ0) is 14.8. The molecule has 0 atom stereocenters. The molecule has 0 bridgehead atoms. The van der Waals surface area contributed by atoms with Gasteiger partial charge in [0.2, 0.25) is 15.0 Å². The molecule has 0 saturated heterocycles. The molecular weight excluding hydrogens is 302 g/mol. The van der Waals surface area contributed by atoms with Gasteiger partial charge in [0.05, 0.1) is 5.69 Å². The third-order valence-corrected chi connectivity index (χ3v) is 3.25. The minimum absolute atomic E-state index is 0.0344. The van der Waals surface area contributed by atoms with E-state index in [0.717, 1.165) is 11.9 Å². The highest BCUT2D eigenvalue weighted by atomic mass is 35.5. The monoisotopic (exact) mass is 313 g/mol. The van der Waals surface area contributed by atoms with E-state index in [1.807, 2.05) is 19.1 Å². The molecule has 20 heavy (non-hydrogen) atoms. The molecule has 106 valence electrons. The number of halogens is 1. The third-order valence-electron chi connectivity index (χ3n) is 2.21. The average Bonchev–Trinajstić information content (AvgIpc) is 2.75. The molecule has 0 fully saturated rings. The Morgan fingerprint density at radius 2 is 2.05 bits per heavy atom. The number of aromatic amines is 1. The summed E-state index contributed by atoms with van der Waals surface area (Å²) in [6, 6.07) is 3.16. The van der Waals surface area contributed by atoms with E-state index in [-0.39, 0.29) is 16.1 Å². The molecule has 2 aromatic rings. The van der Waals surface area contributed by atoms with Crippen LogP contribution in [0.5, 0.6) is 0 Å². The van der Waals surface area contributed by atoms with Gasteiger partial charge in [-0.2, -0.15) is 5.10 Å². The van der Waals surface area contributed by atoms with Crippen LogP contribution >= 0.6 is 11.6 Å². The maximum absolute atomic E-state index is 11.4. The van der Waals surface area contributed by atoms with Gasteiger partial charge in [-0.1, -0.05) is 17.7 Å². The number of hydrogen-bond donors (Lipinski definition) is 2. The average molecular weight is 314 g/mol. The SMILES string of the molecule is CC=Cc1cc(Nc2cc(Cl)nc(S(C)(=O)=O)n2)n[nH]1. The Morgan fingerprint density at radius 3 is 2.70 bits per heavy atom. The number of aromatic nitrogens is 4. The van der Waals surface area contributed by atoms with Crippen molar-refractivity contribution in [1.29, 1.82) is 0 Å². The quantitative estimate of drug-likeness (QED) is 0.661. The molecule has 0 aromatic carbocycles. The number of H-pyrrole nitrogens is 1. The van der Waals surface area contributed by atoms with Crippen molar-refractivity contribution in [2.75, 3.05) is 11.6 Å². The zero-order valence-electron chi connectivity index (χ0n) is 10.8. The first-order valence-electron chi connectivity index (χ1n) is 5.58. The second-order valence-electron chi connectivity index (χ2n) is 3.96. The lowest BCUT2D eigenvalue weighted by molar-refractivity contribution is 0.593. The summed E-state index contributed by atoms with van der Waals surface area (Å²) in [6.07, 6.45) is 4.72. The van der Waals surface area contributed by atoms with Gasteiger partial charge in [-0.05, 0) is 13.0 Å². The van der Waals surface area contributed by atoms with E-state index in [0.29, 0.717) is 5.82 Å². The molecule has 0 unspecified atom stereocenters. The van der Waals surface area contributed by atoms with Crippen LogP contribution in [0.2, 0.25) is 5.15 Å². The second-order valence-corrected chi connectivity index (χ2v) is 6.26. The molecule has 2 aromatic heterocycles. The number of anilines is 2. The van der Waals surface area contributed by atoms with Crippen LogP contribution in [0.4, 0.5) is 11.6 Å². The number of sulfone groups is 1. The van der Waals surface area contributed by atoms with Gasteiger partial charge in [-0.25, -0.2) is 18.4 Å². The molecule has 2 heterocycles. The Labute approximate surface area is 121 Å². The van der Waals surface area contributed by atoms with E-state index in [4.69, 9.17) is 11.6 Å². The summed E-state index contributed by atoms with van der Waals surface area (Å²) in [5, 5.41) is 9.36. The van der Waals surface area contributed by atoms with Crippen molar-refractivity contribution in [3.8, 4) is 0 Å². The first-order valence-corrected chi connectivity index (χ1v) is 7.85. The van der Waals surface area contributed by atoms with Crippen molar-refractivity contribution in [3.05, 3.63) is 29.1 Å². The number of rotatable bonds is 4. The largest absolute Gasteiger partial charge is 0.323 e. The van der Waals surface area contributed by atoms with Crippen molar-refractivity contribution in [1.82, 2.24) is 20.2 Å². The number of hydrogen-bond acceptors (Lipinski definition) is 6. The minimum Gasteiger partial charge on any atom is -0.323 e. The van der Waals surface area contributed by atoms with E-state index >= 15 is 0 Å². The fraction of sp³-hybridized carbons (Fsp3) is 0.182. The van der Waals surface area contributed by atoms with Gasteiger partial charge >= 0.3 is 0 Å².